The number of likely N-dealkylation sites (N-methyl/N-ethyl adjacent to an activating group) is 1. The van der Waals surface area contributed by atoms with Crippen LogP contribution < -0.4 is 14.8 Å². The maximum Gasteiger partial charge on any atom is 0.265 e. The molecular formula is C13H17N3O3. The van der Waals surface area contributed by atoms with Gasteiger partial charge in [-0.3, -0.25) is 0 Å². The molecule has 0 aliphatic carbocycles. The third-order valence-corrected chi connectivity index (χ3v) is 2.71. The van der Waals surface area contributed by atoms with Crippen LogP contribution in [0.15, 0.2) is 22.7 Å². The first kappa shape index (κ1) is 13.4. The molecule has 1 heterocycles. The molecule has 0 atom stereocenters. The predicted molar refractivity (Wildman–Crippen MR) is 70.5 cm³/mol. The van der Waals surface area contributed by atoms with Crippen LogP contribution in [0.4, 0.5) is 0 Å². The number of hydrogen-bond acceptors (Lipinski definition) is 6. The van der Waals surface area contributed by atoms with E-state index < -0.39 is 0 Å². The normalized spacial score (nSPS) is 10.5. The summed E-state index contributed by atoms with van der Waals surface area (Å²) >= 11 is 0. The molecule has 2 rings (SSSR count). The van der Waals surface area contributed by atoms with Crippen molar-refractivity contribution in [2.75, 3.05) is 27.8 Å². The van der Waals surface area contributed by atoms with Gasteiger partial charge in [-0.15, -0.1) is 0 Å². The number of benzene rings is 1. The van der Waals surface area contributed by atoms with Crippen molar-refractivity contribution in [3.63, 3.8) is 0 Å². The molecule has 19 heavy (non-hydrogen) atoms. The molecule has 1 aromatic heterocycles. The molecule has 6 nitrogen and oxygen atoms in total. The second kappa shape index (κ2) is 6.19. The van der Waals surface area contributed by atoms with Crippen LogP contribution in [0.25, 0.3) is 11.5 Å². The minimum Gasteiger partial charge on any atom is -0.496 e. The Kier molecular flexibility index (Phi) is 4.35. The van der Waals surface area contributed by atoms with Crippen LogP contribution in [0.1, 0.15) is 5.82 Å². The van der Waals surface area contributed by atoms with Gasteiger partial charge in [-0.1, -0.05) is 11.2 Å². The first-order valence-electron chi connectivity index (χ1n) is 5.98. The molecule has 6 heteroatoms. The predicted octanol–water partition coefficient (Wildman–Crippen LogP) is 1.52. The van der Waals surface area contributed by atoms with Gasteiger partial charge < -0.3 is 19.3 Å². The molecule has 0 fully saturated rings. The summed E-state index contributed by atoms with van der Waals surface area (Å²) in [6, 6.07) is 5.50. The van der Waals surface area contributed by atoms with Gasteiger partial charge in [0.05, 0.1) is 14.2 Å². The Bertz CT molecular complexity index is 517. The minimum absolute atomic E-state index is 0.403. The van der Waals surface area contributed by atoms with Crippen molar-refractivity contribution >= 4 is 0 Å². The first-order chi connectivity index (χ1) is 9.30. The largest absolute Gasteiger partial charge is 0.496 e. The number of nitrogens with one attached hydrogen (secondary N) is 1. The van der Waals surface area contributed by atoms with Crippen molar-refractivity contribution in [3.05, 3.63) is 24.0 Å². The van der Waals surface area contributed by atoms with E-state index in [2.05, 4.69) is 15.5 Å². The smallest absolute Gasteiger partial charge is 0.265 e. The highest BCUT2D eigenvalue weighted by Crippen LogP contribution is 2.37. The number of nitrogens with zero attached hydrogens (tertiary/aromatic N) is 2. The van der Waals surface area contributed by atoms with E-state index in [1.54, 1.807) is 14.2 Å². The highest BCUT2D eigenvalue weighted by Gasteiger charge is 2.18. The Labute approximate surface area is 111 Å². The first-order valence-corrected chi connectivity index (χ1v) is 5.98. The Hall–Kier alpha value is -2.08. The van der Waals surface area contributed by atoms with Crippen molar-refractivity contribution in [2.45, 2.75) is 6.42 Å². The Morgan fingerprint density at radius 1 is 1.21 bits per heavy atom. The molecule has 2 aromatic rings. The van der Waals surface area contributed by atoms with Crippen LogP contribution in [0.2, 0.25) is 0 Å². The van der Waals surface area contributed by atoms with Gasteiger partial charge in [-0.05, 0) is 19.2 Å². The van der Waals surface area contributed by atoms with E-state index >= 15 is 0 Å². The summed E-state index contributed by atoms with van der Waals surface area (Å²) in [5.74, 6) is 2.34. The van der Waals surface area contributed by atoms with Gasteiger partial charge in [0.1, 0.15) is 17.1 Å². The minimum atomic E-state index is 0.403. The van der Waals surface area contributed by atoms with Crippen LogP contribution in [0.5, 0.6) is 11.5 Å². The maximum atomic E-state index is 5.31. The van der Waals surface area contributed by atoms with E-state index in [4.69, 9.17) is 14.0 Å². The van der Waals surface area contributed by atoms with Crippen LogP contribution in [0.3, 0.4) is 0 Å². The summed E-state index contributed by atoms with van der Waals surface area (Å²) < 4.78 is 15.9. The Morgan fingerprint density at radius 2 is 1.89 bits per heavy atom. The number of rotatable bonds is 6. The van der Waals surface area contributed by atoms with Gasteiger partial charge in [0, 0.05) is 13.0 Å². The summed E-state index contributed by atoms with van der Waals surface area (Å²) in [7, 11) is 5.07. The monoisotopic (exact) mass is 263 g/mol. The van der Waals surface area contributed by atoms with Crippen LogP contribution >= 0.6 is 0 Å². The standard InChI is InChI=1S/C13H17N3O3/c1-14-8-7-11-15-13(19-16-11)12-9(17-2)5-4-6-10(12)18-3/h4-6,14H,7-8H2,1-3H3. The molecule has 0 spiro atoms. The van der Waals surface area contributed by atoms with Gasteiger partial charge >= 0.3 is 0 Å². The molecule has 0 saturated carbocycles. The number of methoxy groups -OCH3 is 2. The topological polar surface area (TPSA) is 69.4 Å². The van der Waals surface area contributed by atoms with Crippen LogP contribution in [-0.2, 0) is 6.42 Å². The molecular weight excluding hydrogens is 246 g/mol. The molecule has 0 aliphatic heterocycles. The molecule has 0 radical (unpaired) electrons. The molecule has 1 aromatic carbocycles. The van der Waals surface area contributed by atoms with Gasteiger partial charge in [0.15, 0.2) is 5.82 Å². The zero-order valence-electron chi connectivity index (χ0n) is 11.3. The third-order valence-electron chi connectivity index (χ3n) is 2.71. The molecule has 102 valence electrons. The molecule has 0 saturated heterocycles. The lowest BCUT2D eigenvalue weighted by Gasteiger charge is -2.09. The highest BCUT2D eigenvalue weighted by atomic mass is 16.5. The zero-order valence-corrected chi connectivity index (χ0v) is 11.3. The van der Waals surface area contributed by atoms with Gasteiger partial charge in [-0.25, -0.2) is 0 Å². The number of aromatic nitrogens is 2. The molecule has 0 aliphatic rings. The lowest BCUT2D eigenvalue weighted by molar-refractivity contribution is 0.384. The summed E-state index contributed by atoms with van der Waals surface area (Å²) in [5, 5.41) is 6.98. The van der Waals surface area contributed by atoms with E-state index in [-0.39, 0.29) is 0 Å². The van der Waals surface area contributed by atoms with Crippen molar-refractivity contribution < 1.29 is 14.0 Å². The van der Waals surface area contributed by atoms with E-state index in [1.807, 2.05) is 25.2 Å². The average molecular weight is 263 g/mol. The fraction of sp³-hybridized carbons (Fsp3) is 0.385. The second-order valence-corrected chi connectivity index (χ2v) is 3.91. The summed E-state index contributed by atoms with van der Waals surface area (Å²) in [4.78, 5) is 4.36. The fourth-order valence-corrected chi connectivity index (χ4v) is 1.76. The zero-order chi connectivity index (χ0) is 13.7. The SMILES string of the molecule is CNCCc1noc(-c2c(OC)cccc2OC)n1. The molecule has 0 unspecified atom stereocenters. The van der Waals surface area contributed by atoms with Crippen LogP contribution in [0, 0.1) is 0 Å². The Balaban J connectivity index is 2.37. The van der Waals surface area contributed by atoms with Crippen molar-refractivity contribution in [3.8, 4) is 23.0 Å². The van der Waals surface area contributed by atoms with Crippen LogP contribution in [-0.4, -0.2) is 38.0 Å². The molecule has 0 bridgehead atoms. The van der Waals surface area contributed by atoms with Crippen molar-refractivity contribution in [2.24, 2.45) is 0 Å². The number of hydrogen-bond donors (Lipinski definition) is 1. The third kappa shape index (κ3) is 2.85. The molecule has 1 N–H and O–H groups in total. The highest BCUT2D eigenvalue weighted by molar-refractivity contribution is 5.70. The van der Waals surface area contributed by atoms with E-state index in [1.165, 1.54) is 0 Å². The fourth-order valence-electron chi connectivity index (χ4n) is 1.76. The van der Waals surface area contributed by atoms with Gasteiger partial charge in [-0.2, -0.15) is 4.98 Å². The summed E-state index contributed by atoms with van der Waals surface area (Å²) in [6.07, 6.45) is 0.706. The lowest BCUT2D eigenvalue weighted by Crippen LogP contribution is -2.11. The van der Waals surface area contributed by atoms with Gasteiger partial charge in [0.2, 0.25) is 0 Å². The summed E-state index contributed by atoms with van der Waals surface area (Å²) in [5.41, 5.74) is 0.677. The molecule has 0 amide bonds. The quantitative estimate of drug-likeness (QED) is 0.852. The van der Waals surface area contributed by atoms with Gasteiger partial charge in [0.25, 0.3) is 5.89 Å². The van der Waals surface area contributed by atoms with Crippen molar-refractivity contribution in [1.82, 2.24) is 15.5 Å². The van der Waals surface area contributed by atoms with Crippen molar-refractivity contribution in [1.29, 1.82) is 0 Å². The lowest BCUT2D eigenvalue weighted by atomic mass is 10.1. The Morgan fingerprint density at radius 3 is 2.47 bits per heavy atom. The summed E-state index contributed by atoms with van der Waals surface area (Å²) in [6.45, 7) is 0.794. The van der Waals surface area contributed by atoms with E-state index in [9.17, 15) is 0 Å². The van der Waals surface area contributed by atoms with E-state index in [0.717, 1.165) is 6.54 Å². The maximum absolute atomic E-state index is 5.31. The average Bonchev–Trinajstić information content (AvgIpc) is 2.92. The second-order valence-electron chi connectivity index (χ2n) is 3.91. The number of ether oxygens (including phenoxy) is 2. The van der Waals surface area contributed by atoms with E-state index in [0.29, 0.717) is 35.2 Å².